The summed E-state index contributed by atoms with van der Waals surface area (Å²) < 4.78 is 2.17. The van der Waals surface area contributed by atoms with Gasteiger partial charge >= 0.3 is 5.97 Å². The highest BCUT2D eigenvalue weighted by Crippen LogP contribution is 2.51. The molecular weight excluding hydrogens is 570 g/mol. The number of fused-ring (bicyclic) bond motifs is 6. The van der Waals surface area contributed by atoms with Crippen LogP contribution in [0.25, 0.3) is 21.5 Å². The van der Waals surface area contributed by atoms with Crippen molar-refractivity contribution in [1.29, 1.82) is 0 Å². The van der Waals surface area contributed by atoms with Crippen LogP contribution >= 0.6 is 0 Å². The number of nitrogens with one attached hydrogen (secondary N) is 1. The number of benzene rings is 4. The van der Waals surface area contributed by atoms with Crippen molar-refractivity contribution in [3.8, 4) is 0 Å². The molecule has 1 amide bonds. The predicted octanol–water partition coefficient (Wildman–Crippen LogP) is 7.77. The smallest absolute Gasteiger partial charge is 0.309 e. The molecule has 4 aromatic rings. The number of carbonyl (C=O) groups is 2. The number of hydrogen-bond donors (Lipinski definition) is 2. The second kappa shape index (κ2) is 12.1. The lowest BCUT2D eigenvalue weighted by Gasteiger charge is -2.27. The first-order valence-corrected chi connectivity index (χ1v) is 16.0. The minimum absolute atomic E-state index is 0.0160. The van der Waals surface area contributed by atoms with Crippen LogP contribution in [0.2, 0.25) is 0 Å². The Labute approximate surface area is 271 Å². The lowest BCUT2D eigenvalue weighted by atomic mass is 9.79. The fourth-order valence-corrected chi connectivity index (χ4v) is 7.46. The maximum Gasteiger partial charge on any atom is 0.309 e. The largest absolute Gasteiger partial charge is 0.481 e. The Kier molecular flexibility index (Phi) is 8.15. The molecule has 2 aliphatic heterocycles. The monoisotopic (exact) mass is 612 g/mol. The zero-order valence-electron chi connectivity index (χ0n) is 27.3. The van der Waals surface area contributed by atoms with Crippen LogP contribution in [0.1, 0.15) is 51.7 Å². The molecular formula is C40H42N3O3+. The number of aliphatic carboxylic acids is 1. The van der Waals surface area contributed by atoms with E-state index in [1.54, 1.807) is 7.05 Å². The number of anilines is 1. The van der Waals surface area contributed by atoms with Crippen molar-refractivity contribution in [2.24, 2.45) is 0 Å². The molecule has 0 aromatic heterocycles. The van der Waals surface area contributed by atoms with Gasteiger partial charge in [-0.1, -0.05) is 86.7 Å². The highest BCUT2D eigenvalue weighted by atomic mass is 16.4. The first-order chi connectivity index (χ1) is 22.1. The van der Waals surface area contributed by atoms with Crippen molar-refractivity contribution >= 4 is 50.5 Å². The van der Waals surface area contributed by atoms with Crippen LogP contribution in [0.3, 0.4) is 0 Å². The summed E-state index contributed by atoms with van der Waals surface area (Å²) >= 11 is 0. The summed E-state index contributed by atoms with van der Waals surface area (Å²) in [5.74, 6) is -0.793. The van der Waals surface area contributed by atoms with Crippen LogP contribution in [0, 0.1) is 0 Å². The molecule has 6 rings (SSSR count). The van der Waals surface area contributed by atoms with Crippen LogP contribution in [-0.2, 0) is 20.4 Å². The molecule has 4 aromatic carbocycles. The second-order valence-electron chi connectivity index (χ2n) is 13.2. The Morgan fingerprint density at radius 3 is 2.13 bits per heavy atom. The summed E-state index contributed by atoms with van der Waals surface area (Å²) in [6, 6.07) is 25.5. The molecule has 0 saturated carbocycles. The second-order valence-corrected chi connectivity index (χ2v) is 13.2. The summed E-state index contributed by atoms with van der Waals surface area (Å²) in [4.78, 5) is 26.2. The van der Waals surface area contributed by atoms with Crippen molar-refractivity contribution in [1.82, 2.24) is 5.32 Å². The van der Waals surface area contributed by atoms with Gasteiger partial charge in [-0.3, -0.25) is 9.59 Å². The van der Waals surface area contributed by atoms with E-state index < -0.39 is 5.97 Å². The first kappa shape index (κ1) is 31.0. The lowest BCUT2D eigenvalue weighted by Crippen LogP contribution is -2.30. The molecule has 0 atom stereocenters. The molecule has 0 aliphatic carbocycles. The highest BCUT2D eigenvalue weighted by molar-refractivity contribution is 6.07. The molecule has 0 unspecified atom stereocenters. The van der Waals surface area contributed by atoms with E-state index in [2.05, 4.69) is 140 Å². The number of carboxylic acid groups (broad SMARTS) is 1. The van der Waals surface area contributed by atoms with E-state index in [-0.39, 0.29) is 23.2 Å². The molecule has 0 spiro atoms. The van der Waals surface area contributed by atoms with E-state index >= 15 is 0 Å². The minimum atomic E-state index is -0.809. The molecule has 0 radical (unpaired) electrons. The molecule has 6 nitrogen and oxygen atoms in total. The van der Waals surface area contributed by atoms with Crippen molar-refractivity contribution in [2.75, 3.05) is 25.0 Å². The number of nitrogens with zero attached hydrogens (tertiary/aromatic N) is 2. The van der Waals surface area contributed by atoms with Crippen molar-refractivity contribution in [3.05, 3.63) is 120 Å². The Morgan fingerprint density at radius 1 is 0.804 bits per heavy atom. The molecule has 0 saturated heterocycles. The van der Waals surface area contributed by atoms with Crippen LogP contribution in [0.15, 0.2) is 109 Å². The predicted molar refractivity (Wildman–Crippen MR) is 188 cm³/mol. The Balaban J connectivity index is 1.36. The van der Waals surface area contributed by atoms with Crippen LogP contribution < -0.4 is 10.2 Å². The van der Waals surface area contributed by atoms with Crippen molar-refractivity contribution in [3.63, 3.8) is 0 Å². The molecule has 0 bridgehead atoms. The summed E-state index contributed by atoms with van der Waals surface area (Å²) in [6.45, 7) is 9.94. The van der Waals surface area contributed by atoms with E-state index in [1.165, 1.54) is 32.7 Å². The Bertz CT molecular complexity index is 1990. The molecule has 46 heavy (non-hydrogen) atoms. The standard InChI is InChI=1S/C40H41N3O3/c1-39(2)33(42(25-23-35(44)41-5)31-21-19-27-13-9-11-15-29(27)37(31)39)17-7-6-8-18-34-40(3,4)38-30-16-12-10-14-28(30)20-22-32(38)43(34)26-24-36(45)46/h6-22H,23-26H2,1-5H3,(H-,41,44,45,46)/p+1. The van der Waals surface area contributed by atoms with Gasteiger partial charge in [-0.25, -0.2) is 0 Å². The van der Waals surface area contributed by atoms with Gasteiger partial charge in [0.15, 0.2) is 12.3 Å². The first-order valence-electron chi connectivity index (χ1n) is 16.0. The average molecular weight is 613 g/mol. The number of hydrogen-bond acceptors (Lipinski definition) is 3. The highest BCUT2D eigenvalue weighted by Gasteiger charge is 2.45. The normalized spacial score (nSPS) is 17.5. The zero-order chi connectivity index (χ0) is 32.6. The van der Waals surface area contributed by atoms with Crippen LogP contribution in [0.4, 0.5) is 11.4 Å². The van der Waals surface area contributed by atoms with Gasteiger partial charge in [-0.05, 0) is 59.2 Å². The number of amides is 1. The minimum Gasteiger partial charge on any atom is -0.481 e. The third-order valence-corrected chi connectivity index (χ3v) is 9.63. The van der Waals surface area contributed by atoms with Gasteiger partial charge in [0.1, 0.15) is 6.42 Å². The van der Waals surface area contributed by atoms with E-state index in [1.807, 2.05) is 6.08 Å². The molecule has 2 heterocycles. The van der Waals surface area contributed by atoms with Crippen LogP contribution in [0.5, 0.6) is 0 Å². The third-order valence-electron chi connectivity index (χ3n) is 9.63. The lowest BCUT2D eigenvalue weighted by molar-refractivity contribution is -0.436. The fourth-order valence-electron chi connectivity index (χ4n) is 7.46. The number of carbonyl (C=O) groups excluding carboxylic acids is 1. The number of rotatable bonds is 9. The van der Waals surface area contributed by atoms with Gasteiger partial charge in [0.25, 0.3) is 0 Å². The SMILES string of the molecule is CNC(=O)CCN1/C(=C/C=C/C=C/C2=[N+](CCC(=O)O)c3ccc4ccccc4c3C2(C)C)C(C)(C)c2c1ccc1ccccc21. The maximum atomic E-state index is 12.3. The summed E-state index contributed by atoms with van der Waals surface area (Å²) in [6.07, 6.45) is 10.9. The van der Waals surface area contributed by atoms with E-state index in [9.17, 15) is 14.7 Å². The molecule has 2 aliphatic rings. The van der Waals surface area contributed by atoms with E-state index in [0.717, 1.165) is 22.8 Å². The van der Waals surface area contributed by atoms with Gasteiger partial charge in [0.05, 0.1) is 5.41 Å². The maximum absolute atomic E-state index is 12.3. The number of allylic oxidation sites excluding steroid dienone is 6. The van der Waals surface area contributed by atoms with Gasteiger partial charge in [0, 0.05) is 54.5 Å². The van der Waals surface area contributed by atoms with Gasteiger partial charge in [0.2, 0.25) is 11.6 Å². The molecule has 234 valence electrons. The number of carboxylic acids is 1. The van der Waals surface area contributed by atoms with Crippen LogP contribution in [-0.4, -0.2) is 47.4 Å². The van der Waals surface area contributed by atoms with Gasteiger partial charge in [-0.15, -0.1) is 0 Å². The van der Waals surface area contributed by atoms with E-state index in [0.29, 0.717) is 19.5 Å². The topological polar surface area (TPSA) is 72.7 Å². The Hall–Kier alpha value is -4.97. The average Bonchev–Trinajstić information content (AvgIpc) is 3.40. The van der Waals surface area contributed by atoms with Gasteiger partial charge in [-0.2, -0.15) is 4.58 Å². The van der Waals surface area contributed by atoms with E-state index in [4.69, 9.17) is 0 Å². The summed E-state index contributed by atoms with van der Waals surface area (Å²) in [5, 5.41) is 17.1. The molecule has 0 fully saturated rings. The fraction of sp³-hybridized carbons (Fsp3) is 0.275. The van der Waals surface area contributed by atoms with Gasteiger partial charge < -0.3 is 15.3 Å². The summed E-state index contributed by atoms with van der Waals surface area (Å²) in [7, 11) is 1.68. The molecule has 2 N–H and O–H groups in total. The quantitative estimate of drug-likeness (QED) is 0.150. The molecule has 6 heteroatoms. The zero-order valence-corrected chi connectivity index (χ0v) is 27.3. The summed E-state index contributed by atoms with van der Waals surface area (Å²) in [5.41, 5.74) is 6.35. The van der Waals surface area contributed by atoms with Crippen molar-refractivity contribution in [2.45, 2.75) is 51.4 Å². The third kappa shape index (κ3) is 5.32. The van der Waals surface area contributed by atoms with Crippen molar-refractivity contribution < 1.29 is 19.3 Å². The Morgan fingerprint density at radius 2 is 1.46 bits per heavy atom.